The molecule has 0 amide bonds. The summed E-state index contributed by atoms with van der Waals surface area (Å²) in [6.07, 6.45) is 2.49. The summed E-state index contributed by atoms with van der Waals surface area (Å²) in [4.78, 5) is 0. The monoisotopic (exact) mass is 283 g/mol. The molecule has 0 radical (unpaired) electrons. The van der Waals surface area contributed by atoms with Gasteiger partial charge in [0.1, 0.15) is 17.5 Å². The van der Waals surface area contributed by atoms with Crippen LogP contribution in [0.1, 0.15) is 30.6 Å². The summed E-state index contributed by atoms with van der Waals surface area (Å²) < 4.78 is 42.4. The second kappa shape index (κ2) is 6.09. The Morgan fingerprint density at radius 3 is 2.40 bits per heavy atom. The Labute approximate surface area is 115 Å². The largest absolute Gasteiger partial charge is 0.305 e. The van der Waals surface area contributed by atoms with Crippen LogP contribution in [0.25, 0.3) is 0 Å². The van der Waals surface area contributed by atoms with Gasteiger partial charge in [-0.15, -0.1) is 0 Å². The van der Waals surface area contributed by atoms with Crippen LogP contribution < -0.4 is 5.32 Å². The minimum Gasteiger partial charge on any atom is -0.305 e. The van der Waals surface area contributed by atoms with Crippen LogP contribution in [-0.2, 0) is 7.05 Å². The average molecular weight is 283 g/mol. The summed E-state index contributed by atoms with van der Waals surface area (Å²) in [5, 5.41) is 7.21. The first-order valence-electron chi connectivity index (χ1n) is 6.40. The molecule has 0 bridgehead atoms. The van der Waals surface area contributed by atoms with Gasteiger partial charge in [-0.1, -0.05) is 6.92 Å². The van der Waals surface area contributed by atoms with Crippen LogP contribution in [0.4, 0.5) is 13.2 Å². The van der Waals surface area contributed by atoms with Gasteiger partial charge < -0.3 is 5.32 Å². The molecule has 2 rings (SSSR count). The van der Waals surface area contributed by atoms with Crippen LogP contribution in [0.3, 0.4) is 0 Å². The molecular formula is C14H16F3N3. The number of halogens is 3. The third-order valence-corrected chi connectivity index (χ3v) is 2.96. The van der Waals surface area contributed by atoms with Crippen LogP contribution in [0.2, 0.25) is 0 Å². The highest BCUT2D eigenvalue weighted by Crippen LogP contribution is 2.26. The number of aromatic nitrogens is 2. The summed E-state index contributed by atoms with van der Waals surface area (Å²) in [7, 11) is 1.72. The number of nitrogens with one attached hydrogen (secondary N) is 1. The minimum atomic E-state index is -0.931. The Morgan fingerprint density at radius 2 is 1.90 bits per heavy atom. The zero-order valence-corrected chi connectivity index (χ0v) is 11.3. The van der Waals surface area contributed by atoms with Crippen molar-refractivity contribution in [3.8, 4) is 0 Å². The second-order valence-electron chi connectivity index (χ2n) is 4.58. The molecule has 0 saturated heterocycles. The lowest BCUT2D eigenvalue weighted by Gasteiger charge is -2.18. The van der Waals surface area contributed by atoms with Crippen molar-refractivity contribution in [1.82, 2.24) is 15.1 Å². The molecule has 1 unspecified atom stereocenters. The van der Waals surface area contributed by atoms with Gasteiger partial charge in [-0.05, 0) is 19.0 Å². The fraction of sp³-hybridized carbons (Fsp3) is 0.357. The van der Waals surface area contributed by atoms with E-state index in [4.69, 9.17) is 0 Å². The molecule has 0 aliphatic rings. The van der Waals surface area contributed by atoms with E-state index in [0.29, 0.717) is 24.4 Å². The zero-order chi connectivity index (χ0) is 14.7. The zero-order valence-electron chi connectivity index (χ0n) is 11.3. The van der Waals surface area contributed by atoms with Gasteiger partial charge in [-0.2, -0.15) is 5.10 Å². The Morgan fingerprint density at radius 1 is 1.25 bits per heavy atom. The number of hydrogen-bond acceptors (Lipinski definition) is 2. The van der Waals surface area contributed by atoms with Gasteiger partial charge in [0.15, 0.2) is 0 Å². The van der Waals surface area contributed by atoms with Crippen molar-refractivity contribution in [2.75, 3.05) is 6.54 Å². The Hall–Kier alpha value is -1.82. The highest BCUT2D eigenvalue weighted by atomic mass is 19.1. The maximum Gasteiger partial charge on any atom is 0.134 e. The number of aryl methyl sites for hydroxylation is 1. The van der Waals surface area contributed by atoms with E-state index in [2.05, 4.69) is 10.4 Å². The van der Waals surface area contributed by atoms with Gasteiger partial charge in [0.25, 0.3) is 0 Å². The third kappa shape index (κ3) is 3.01. The molecule has 1 aromatic heterocycles. The predicted octanol–water partition coefficient (Wildman–Crippen LogP) is 2.93. The predicted molar refractivity (Wildman–Crippen MR) is 69.7 cm³/mol. The average Bonchev–Trinajstić information content (AvgIpc) is 2.78. The molecule has 2 aromatic rings. The first-order chi connectivity index (χ1) is 9.52. The normalized spacial score (nSPS) is 12.7. The summed E-state index contributed by atoms with van der Waals surface area (Å²) in [6, 6.07) is 2.30. The molecule has 1 N–H and O–H groups in total. The van der Waals surface area contributed by atoms with Gasteiger partial charge in [-0.3, -0.25) is 4.68 Å². The van der Waals surface area contributed by atoms with E-state index < -0.39 is 23.5 Å². The Kier molecular flexibility index (Phi) is 4.44. The molecule has 0 aliphatic carbocycles. The van der Waals surface area contributed by atoms with Gasteiger partial charge >= 0.3 is 0 Å². The number of benzene rings is 1. The van der Waals surface area contributed by atoms with Crippen LogP contribution in [0.15, 0.2) is 24.4 Å². The van der Waals surface area contributed by atoms with Crippen LogP contribution in [0.5, 0.6) is 0 Å². The van der Waals surface area contributed by atoms with Gasteiger partial charge in [-0.25, -0.2) is 13.2 Å². The fourth-order valence-corrected chi connectivity index (χ4v) is 2.06. The first kappa shape index (κ1) is 14.6. The maximum atomic E-state index is 13.9. The number of hydrogen-bond donors (Lipinski definition) is 1. The third-order valence-electron chi connectivity index (χ3n) is 2.96. The molecule has 0 fully saturated rings. The second-order valence-corrected chi connectivity index (χ2v) is 4.58. The van der Waals surface area contributed by atoms with Crippen LogP contribution >= 0.6 is 0 Å². The lowest BCUT2D eigenvalue weighted by Crippen LogP contribution is -2.26. The quantitative estimate of drug-likeness (QED) is 0.914. The minimum absolute atomic E-state index is 0.210. The van der Waals surface area contributed by atoms with Crippen molar-refractivity contribution >= 4 is 0 Å². The van der Waals surface area contributed by atoms with Gasteiger partial charge in [0.2, 0.25) is 0 Å². The molecule has 0 spiro atoms. The highest BCUT2D eigenvalue weighted by molar-refractivity contribution is 5.30. The molecule has 1 heterocycles. The van der Waals surface area contributed by atoms with E-state index in [1.807, 2.05) is 6.92 Å². The molecule has 6 heteroatoms. The van der Waals surface area contributed by atoms with Gasteiger partial charge in [0, 0.05) is 30.9 Å². The molecule has 1 aromatic carbocycles. The van der Waals surface area contributed by atoms with Crippen molar-refractivity contribution in [1.29, 1.82) is 0 Å². The van der Waals surface area contributed by atoms with Crippen molar-refractivity contribution < 1.29 is 13.2 Å². The maximum absolute atomic E-state index is 13.9. The van der Waals surface area contributed by atoms with Gasteiger partial charge in [0.05, 0.1) is 11.7 Å². The molecule has 1 atom stereocenters. The van der Waals surface area contributed by atoms with E-state index in [1.54, 1.807) is 24.0 Å². The Balaban J connectivity index is 2.46. The standard InChI is InChI=1S/C14H16F3N3/c1-3-5-18-14(12-4-6-20(2)19-12)13-10(16)7-9(15)8-11(13)17/h4,6-8,14,18H,3,5H2,1-2H3. The smallest absolute Gasteiger partial charge is 0.134 e. The summed E-state index contributed by atoms with van der Waals surface area (Å²) in [5.41, 5.74) is 0.281. The molecule has 108 valence electrons. The van der Waals surface area contributed by atoms with Crippen molar-refractivity contribution in [3.63, 3.8) is 0 Å². The van der Waals surface area contributed by atoms with E-state index in [0.717, 1.165) is 6.42 Å². The molecule has 20 heavy (non-hydrogen) atoms. The van der Waals surface area contributed by atoms with E-state index >= 15 is 0 Å². The molecule has 0 aliphatic heterocycles. The molecule has 0 saturated carbocycles. The summed E-state index contributed by atoms with van der Waals surface area (Å²) in [6.45, 7) is 2.51. The van der Waals surface area contributed by atoms with Crippen molar-refractivity contribution in [2.24, 2.45) is 7.05 Å². The van der Waals surface area contributed by atoms with Crippen LogP contribution in [-0.4, -0.2) is 16.3 Å². The van der Waals surface area contributed by atoms with Crippen LogP contribution in [0, 0.1) is 17.5 Å². The highest BCUT2D eigenvalue weighted by Gasteiger charge is 2.24. The fourth-order valence-electron chi connectivity index (χ4n) is 2.06. The van der Waals surface area contributed by atoms with E-state index in [1.165, 1.54) is 0 Å². The van der Waals surface area contributed by atoms with Crippen molar-refractivity contribution in [2.45, 2.75) is 19.4 Å². The number of rotatable bonds is 5. The lowest BCUT2D eigenvalue weighted by molar-refractivity contribution is 0.480. The first-order valence-corrected chi connectivity index (χ1v) is 6.40. The number of nitrogens with zero attached hydrogens (tertiary/aromatic N) is 2. The molecule has 3 nitrogen and oxygen atoms in total. The van der Waals surface area contributed by atoms with Crippen molar-refractivity contribution in [3.05, 3.63) is 53.1 Å². The lowest BCUT2D eigenvalue weighted by atomic mass is 10.0. The van der Waals surface area contributed by atoms with E-state index in [-0.39, 0.29) is 5.56 Å². The summed E-state index contributed by atoms with van der Waals surface area (Å²) in [5.74, 6) is -2.76. The molecular weight excluding hydrogens is 267 g/mol. The van der Waals surface area contributed by atoms with E-state index in [9.17, 15) is 13.2 Å². The topological polar surface area (TPSA) is 29.9 Å². The SMILES string of the molecule is CCCNC(c1ccn(C)n1)c1c(F)cc(F)cc1F. The summed E-state index contributed by atoms with van der Waals surface area (Å²) >= 11 is 0. The Bertz CT molecular complexity index is 572.